The zero-order valence-corrected chi connectivity index (χ0v) is 8.86. The van der Waals surface area contributed by atoms with Gasteiger partial charge in [-0.1, -0.05) is 25.2 Å². The molecule has 1 rings (SSSR count). The lowest BCUT2D eigenvalue weighted by Crippen LogP contribution is -2.31. The Morgan fingerprint density at radius 2 is 2.00 bits per heavy atom. The summed E-state index contributed by atoms with van der Waals surface area (Å²) in [5.74, 6) is 3.02. The molecule has 0 bridgehead atoms. The second-order valence-electron chi connectivity index (χ2n) is 2.99. The van der Waals surface area contributed by atoms with Crippen molar-refractivity contribution in [1.29, 1.82) is 0 Å². The van der Waals surface area contributed by atoms with E-state index in [1.807, 2.05) is 0 Å². The lowest BCUT2D eigenvalue weighted by Gasteiger charge is -2.21. The van der Waals surface area contributed by atoms with Crippen LogP contribution in [0, 0.1) is 9.85 Å². The summed E-state index contributed by atoms with van der Waals surface area (Å²) in [6.07, 6.45) is 6.92. The Morgan fingerprint density at radius 3 is 2.64 bits per heavy atom. The van der Waals surface area contributed by atoms with E-state index in [0.717, 1.165) is 12.6 Å². The topological polar surface area (TPSA) is 12.0 Å². The maximum atomic E-state index is 3.44. The lowest BCUT2D eigenvalue weighted by atomic mass is 9.96. The standard InChI is InChI=1S/C9H14IN/c10-7-4-8-11-9-5-2-1-3-6-9/h9,11H,1-3,5-6,8H2. The highest BCUT2D eigenvalue weighted by Crippen LogP contribution is 2.16. The summed E-state index contributed by atoms with van der Waals surface area (Å²) in [7, 11) is 0. The molecule has 0 aliphatic heterocycles. The van der Waals surface area contributed by atoms with Crippen molar-refractivity contribution >= 4 is 22.6 Å². The largest absolute Gasteiger partial charge is 0.303 e. The minimum absolute atomic E-state index is 0.751. The molecule has 1 saturated carbocycles. The fraction of sp³-hybridized carbons (Fsp3) is 0.778. The zero-order chi connectivity index (χ0) is 7.94. The van der Waals surface area contributed by atoms with Gasteiger partial charge in [0.05, 0.1) is 6.54 Å². The molecule has 1 aliphatic rings. The molecule has 0 amide bonds. The van der Waals surface area contributed by atoms with Crippen LogP contribution in [0.1, 0.15) is 32.1 Å². The molecule has 2 heteroatoms. The van der Waals surface area contributed by atoms with Crippen molar-refractivity contribution < 1.29 is 0 Å². The molecule has 0 saturated heterocycles. The first kappa shape index (κ1) is 9.34. The van der Waals surface area contributed by atoms with Crippen LogP contribution in [0.2, 0.25) is 0 Å². The van der Waals surface area contributed by atoms with Crippen molar-refractivity contribution in [3.05, 3.63) is 0 Å². The van der Waals surface area contributed by atoms with Crippen LogP contribution < -0.4 is 5.32 Å². The summed E-state index contributed by atoms with van der Waals surface area (Å²) in [5.41, 5.74) is 0. The monoisotopic (exact) mass is 263 g/mol. The van der Waals surface area contributed by atoms with E-state index in [4.69, 9.17) is 0 Å². The van der Waals surface area contributed by atoms with Crippen LogP contribution in [0.25, 0.3) is 0 Å². The highest BCUT2D eigenvalue weighted by Gasteiger charge is 2.10. The minimum atomic E-state index is 0.751. The summed E-state index contributed by atoms with van der Waals surface area (Å²) in [4.78, 5) is 0. The third kappa shape index (κ3) is 3.97. The summed E-state index contributed by atoms with van der Waals surface area (Å²) in [6, 6.07) is 0.751. The molecule has 0 atom stereocenters. The fourth-order valence-electron chi connectivity index (χ4n) is 1.54. The molecule has 1 fully saturated rings. The smallest absolute Gasteiger partial charge is 0.0586 e. The van der Waals surface area contributed by atoms with Crippen LogP contribution in [-0.4, -0.2) is 12.6 Å². The predicted octanol–water partition coefficient (Wildman–Crippen LogP) is 2.30. The van der Waals surface area contributed by atoms with Gasteiger partial charge in [-0.25, -0.2) is 0 Å². The molecule has 0 heterocycles. The maximum absolute atomic E-state index is 3.44. The third-order valence-corrected chi connectivity index (χ3v) is 2.53. The molecule has 0 aromatic heterocycles. The first-order valence-electron chi connectivity index (χ1n) is 4.25. The van der Waals surface area contributed by atoms with Gasteiger partial charge in [-0.15, -0.1) is 0 Å². The lowest BCUT2D eigenvalue weighted by molar-refractivity contribution is 0.386. The summed E-state index contributed by atoms with van der Waals surface area (Å²) in [6.45, 7) is 0.869. The second kappa shape index (κ2) is 5.84. The second-order valence-corrected chi connectivity index (χ2v) is 3.53. The van der Waals surface area contributed by atoms with Crippen LogP contribution in [-0.2, 0) is 0 Å². The molecule has 1 aliphatic carbocycles. The highest BCUT2D eigenvalue weighted by molar-refractivity contribution is 14.1. The van der Waals surface area contributed by atoms with Gasteiger partial charge in [0.15, 0.2) is 0 Å². The average molecular weight is 263 g/mol. The number of nitrogens with one attached hydrogen (secondary N) is 1. The normalized spacial score (nSPS) is 19.0. The number of rotatable bonds is 2. The summed E-state index contributed by atoms with van der Waals surface area (Å²) in [5, 5.41) is 3.44. The number of halogens is 1. The molecule has 0 radical (unpaired) electrons. The van der Waals surface area contributed by atoms with Gasteiger partial charge >= 0.3 is 0 Å². The van der Waals surface area contributed by atoms with Gasteiger partial charge in [-0.05, 0) is 16.8 Å². The van der Waals surface area contributed by atoms with Crippen molar-refractivity contribution in [2.75, 3.05) is 6.54 Å². The van der Waals surface area contributed by atoms with Crippen LogP contribution in [0.3, 0.4) is 0 Å². The highest BCUT2D eigenvalue weighted by atomic mass is 127. The summed E-state index contributed by atoms with van der Waals surface area (Å²) < 4.78 is 2.86. The van der Waals surface area contributed by atoms with Crippen molar-refractivity contribution in [2.45, 2.75) is 38.1 Å². The quantitative estimate of drug-likeness (QED) is 0.595. The molecule has 0 aromatic rings. The van der Waals surface area contributed by atoms with Crippen molar-refractivity contribution in [2.24, 2.45) is 0 Å². The fourth-order valence-corrected chi connectivity index (χ4v) is 1.73. The SMILES string of the molecule is IC#CCNC1CCCCC1. The first-order valence-corrected chi connectivity index (χ1v) is 5.33. The van der Waals surface area contributed by atoms with Crippen LogP contribution in [0.4, 0.5) is 0 Å². The van der Waals surface area contributed by atoms with E-state index < -0.39 is 0 Å². The minimum Gasteiger partial charge on any atom is -0.303 e. The Bertz CT molecular complexity index is 151. The Balaban J connectivity index is 2.08. The van der Waals surface area contributed by atoms with E-state index in [2.05, 4.69) is 37.8 Å². The van der Waals surface area contributed by atoms with Crippen molar-refractivity contribution in [3.63, 3.8) is 0 Å². The molecular formula is C9H14IN. The van der Waals surface area contributed by atoms with Crippen LogP contribution in [0.15, 0.2) is 0 Å². The Hall–Kier alpha value is 0.250. The maximum Gasteiger partial charge on any atom is 0.0586 e. The molecule has 11 heavy (non-hydrogen) atoms. The van der Waals surface area contributed by atoms with E-state index in [1.54, 1.807) is 0 Å². The average Bonchev–Trinajstić information content (AvgIpc) is 2.07. The summed E-state index contributed by atoms with van der Waals surface area (Å²) >= 11 is 2.08. The first-order chi connectivity index (χ1) is 5.43. The number of hydrogen-bond donors (Lipinski definition) is 1. The van der Waals surface area contributed by atoms with Gasteiger partial charge in [-0.2, -0.15) is 0 Å². The molecule has 1 nitrogen and oxygen atoms in total. The molecule has 0 aromatic carbocycles. The Kier molecular flexibility index (Phi) is 4.96. The Morgan fingerprint density at radius 1 is 1.27 bits per heavy atom. The van der Waals surface area contributed by atoms with Gasteiger partial charge < -0.3 is 5.32 Å². The van der Waals surface area contributed by atoms with E-state index in [0.29, 0.717) is 0 Å². The van der Waals surface area contributed by atoms with Gasteiger partial charge in [0.2, 0.25) is 0 Å². The van der Waals surface area contributed by atoms with E-state index in [9.17, 15) is 0 Å². The zero-order valence-electron chi connectivity index (χ0n) is 6.70. The molecule has 62 valence electrons. The molecule has 1 N–H and O–H groups in total. The Labute approximate surface area is 82.5 Å². The third-order valence-electron chi connectivity index (χ3n) is 2.15. The van der Waals surface area contributed by atoms with Crippen LogP contribution in [0.5, 0.6) is 0 Å². The van der Waals surface area contributed by atoms with Crippen molar-refractivity contribution in [1.82, 2.24) is 5.32 Å². The van der Waals surface area contributed by atoms with E-state index in [-0.39, 0.29) is 0 Å². The van der Waals surface area contributed by atoms with E-state index >= 15 is 0 Å². The number of hydrogen-bond acceptors (Lipinski definition) is 1. The van der Waals surface area contributed by atoms with Gasteiger partial charge in [0.1, 0.15) is 0 Å². The van der Waals surface area contributed by atoms with Gasteiger partial charge in [-0.3, -0.25) is 0 Å². The van der Waals surface area contributed by atoms with E-state index in [1.165, 1.54) is 32.1 Å². The van der Waals surface area contributed by atoms with Gasteiger partial charge in [0.25, 0.3) is 0 Å². The molecule has 0 unspecified atom stereocenters. The predicted molar refractivity (Wildman–Crippen MR) is 56.7 cm³/mol. The van der Waals surface area contributed by atoms with Crippen LogP contribution >= 0.6 is 22.6 Å². The van der Waals surface area contributed by atoms with Gasteiger partial charge in [0, 0.05) is 28.6 Å². The van der Waals surface area contributed by atoms with Crippen molar-refractivity contribution in [3.8, 4) is 9.85 Å². The molecule has 0 spiro atoms. The molecular weight excluding hydrogens is 249 g/mol.